The van der Waals surface area contributed by atoms with Crippen LogP contribution in [0.15, 0.2) is 30.5 Å². The molecule has 0 bridgehead atoms. The van der Waals surface area contributed by atoms with Crippen LogP contribution in [0.5, 0.6) is 5.75 Å². The van der Waals surface area contributed by atoms with Crippen LogP contribution in [0, 0.1) is 0 Å². The van der Waals surface area contributed by atoms with Gasteiger partial charge in [-0.2, -0.15) is 0 Å². The monoisotopic (exact) mass is 262 g/mol. The summed E-state index contributed by atoms with van der Waals surface area (Å²) in [5.74, 6) is -0.0118. The van der Waals surface area contributed by atoms with E-state index in [1.807, 2.05) is 6.20 Å². The van der Waals surface area contributed by atoms with Crippen molar-refractivity contribution in [1.82, 2.24) is 10.3 Å². The molecule has 0 saturated heterocycles. The lowest BCUT2D eigenvalue weighted by molar-refractivity contribution is 0.0951. The molecule has 0 aliphatic carbocycles. The van der Waals surface area contributed by atoms with Crippen molar-refractivity contribution in [3.05, 3.63) is 45.9 Å². The van der Waals surface area contributed by atoms with E-state index in [0.717, 1.165) is 11.4 Å². The number of rotatable bonds is 4. The van der Waals surface area contributed by atoms with Gasteiger partial charge in [0, 0.05) is 16.6 Å². The lowest BCUT2D eigenvalue weighted by Gasteiger charge is -2.03. The predicted octanol–water partition coefficient (Wildman–Crippen LogP) is 2.34. The van der Waals surface area contributed by atoms with Crippen LogP contribution in [0.4, 0.5) is 0 Å². The van der Waals surface area contributed by atoms with E-state index in [2.05, 4.69) is 17.2 Å². The van der Waals surface area contributed by atoms with E-state index in [4.69, 9.17) is 5.11 Å². The zero-order valence-electron chi connectivity index (χ0n) is 10.0. The average molecular weight is 262 g/mol. The van der Waals surface area contributed by atoms with Crippen LogP contribution in [0.1, 0.15) is 27.2 Å². The summed E-state index contributed by atoms with van der Waals surface area (Å²) in [7, 11) is 0. The Morgan fingerprint density at radius 2 is 2.11 bits per heavy atom. The molecular formula is C13H14N2O2S. The zero-order chi connectivity index (χ0) is 13.0. The number of aromatic nitrogens is 1. The lowest BCUT2D eigenvalue weighted by Crippen LogP contribution is -2.22. The Kier molecular flexibility index (Phi) is 3.94. The maximum absolute atomic E-state index is 11.8. The van der Waals surface area contributed by atoms with Crippen molar-refractivity contribution in [2.24, 2.45) is 0 Å². The number of aryl methyl sites for hydroxylation is 1. The Hall–Kier alpha value is -1.88. The predicted molar refractivity (Wildman–Crippen MR) is 70.8 cm³/mol. The number of benzene rings is 1. The molecule has 5 heteroatoms. The third kappa shape index (κ3) is 3.07. The Bertz CT molecular complexity index is 534. The summed E-state index contributed by atoms with van der Waals surface area (Å²) < 4.78 is 0. The molecule has 1 aromatic carbocycles. The molecule has 0 aliphatic rings. The van der Waals surface area contributed by atoms with Gasteiger partial charge >= 0.3 is 0 Å². The van der Waals surface area contributed by atoms with Gasteiger partial charge in [-0.1, -0.05) is 6.92 Å². The number of hydrogen-bond donors (Lipinski definition) is 2. The van der Waals surface area contributed by atoms with Crippen LogP contribution in [0.3, 0.4) is 0 Å². The van der Waals surface area contributed by atoms with Crippen molar-refractivity contribution in [3.8, 4) is 5.75 Å². The molecule has 2 aromatic rings. The largest absolute Gasteiger partial charge is 0.508 e. The molecule has 1 aromatic heterocycles. The highest BCUT2D eigenvalue weighted by atomic mass is 32.1. The van der Waals surface area contributed by atoms with E-state index in [9.17, 15) is 4.79 Å². The molecule has 0 spiro atoms. The quantitative estimate of drug-likeness (QED) is 0.889. The molecule has 4 nitrogen and oxygen atoms in total. The van der Waals surface area contributed by atoms with E-state index in [1.54, 1.807) is 23.5 Å². The zero-order valence-corrected chi connectivity index (χ0v) is 10.8. The van der Waals surface area contributed by atoms with Crippen molar-refractivity contribution in [1.29, 1.82) is 0 Å². The fraction of sp³-hybridized carbons (Fsp3) is 0.231. The van der Waals surface area contributed by atoms with Crippen LogP contribution in [0.25, 0.3) is 0 Å². The van der Waals surface area contributed by atoms with E-state index >= 15 is 0 Å². The number of aromatic hydroxyl groups is 1. The van der Waals surface area contributed by atoms with Gasteiger partial charge in [0.25, 0.3) is 5.91 Å². The minimum atomic E-state index is -0.164. The molecule has 18 heavy (non-hydrogen) atoms. The van der Waals surface area contributed by atoms with Crippen LogP contribution in [-0.2, 0) is 13.0 Å². The first-order chi connectivity index (χ1) is 8.69. The molecule has 0 fully saturated rings. The van der Waals surface area contributed by atoms with Gasteiger partial charge in [0.05, 0.1) is 6.54 Å². The highest BCUT2D eigenvalue weighted by molar-refractivity contribution is 7.11. The van der Waals surface area contributed by atoms with Gasteiger partial charge < -0.3 is 10.4 Å². The number of amides is 1. The lowest BCUT2D eigenvalue weighted by atomic mass is 10.2. The van der Waals surface area contributed by atoms with Crippen molar-refractivity contribution in [2.75, 3.05) is 0 Å². The van der Waals surface area contributed by atoms with Gasteiger partial charge in [-0.05, 0) is 30.7 Å². The van der Waals surface area contributed by atoms with Gasteiger partial charge in [0.2, 0.25) is 0 Å². The second kappa shape index (κ2) is 5.64. The number of thiazole rings is 1. The SMILES string of the molecule is CCc1cnc(CNC(=O)c2ccc(O)cc2)s1. The second-order valence-corrected chi connectivity index (χ2v) is 5.00. The van der Waals surface area contributed by atoms with Crippen LogP contribution in [0.2, 0.25) is 0 Å². The molecule has 1 heterocycles. The first kappa shape index (κ1) is 12.6. The summed E-state index contributed by atoms with van der Waals surface area (Å²) in [6.45, 7) is 2.51. The number of nitrogens with one attached hydrogen (secondary N) is 1. The molecule has 1 amide bonds. The first-order valence-corrected chi connectivity index (χ1v) is 6.51. The topological polar surface area (TPSA) is 62.2 Å². The van der Waals surface area contributed by atoms with Gasteiger partial charge in [-0.25, -0.2) is 4.98 Å². The van der Waals surface area contributed by atoms with E-state index in [0.29, 0.717) is 12.1 Å². The van der Waals surface area contributed by atoms with Gasteiger partial charge in [-0.3, -0.25) is 4.79 Å². The number of phenols is 1. The number of carbonyl (C=O) groups is 1. The maximum Gasteiger partial charge on any atom is 0.251 e. The first-order valence-electron chi connectivity index (χ1n) is 5.70. The van der Waals surface area contributed by atoms with Gasteiger partial charge in [0.1, 0.15) is 10.8 Å². The summed E-state index contributed by atoms with van der Waals surface area (Å²) in [4.78, 5) is 17.2. The highest BCUT2D eigenvalue weighted by Crippen LogP contribution is 2.13. The van der Waals surface area contributed by atoms with Crippen molar-refractivity contribution in [2.45, 2.75) is 19.9 Å². The summed E-state index contributed by atoms with van der Waals surface area (Å²) in [6.07, 6.45) is 2.80. The number of carbonyl (C=O) groups excluding carboxylic acids is 1. The highest BCUT2D eigenvalue weighted by Gasteiger charge is 2.06. The third-order valence-corrected chi connectivity index (χ3v) is 3.62. The third-order valence-electron chi connectivity index (χ3n) is 2.48. The average Bonchev–Trinajstić information content (AvgIpc) is 2.85. The van der Waals surface area contributed by atoms with Crippen molar-refractivity contribution in [3.63, 3.8) is 0 Å². The molecule has 94 valence electrons. The Morgan fingerprint density at radius 3 is 2.72 bits per heavy atom. The fourth-order valence-corrected chi connectivity index (χ4v) is 2.27. The number of phenolic OH excluding ortho intramolecular Hbond substituents is 1. The molecule has 2 rings (SSSR count). The van der Waals surface area contributed by atoms with Gasteiger partial charge in [0.15, 0.2) is 0 Å². The molecule has 0 aliphatic heterocycles. The fourth-order valence-electron chi connectivity index (χ4n) is 1.46. The van der Waals surface area contributed by atoms with E-state index in [-0.39, 0.29) is 11.7 Å². The molecule has 0 atom stereocenters. The molecule has 2 N–H and O–H groups in total. The minimum Gasteiger partial charge on any atom is -0.508 e. The van der Waals surface area contributed by atoms with Gasteiger partial charge in [-0.15, -0.1) is 11.3 Å². The van der Waals surface area contributed by atoms with Crippen molar-refractivity contribution < 1.29 is 9.90 Å². The van der Waals surface area contributed by atoms with Crippen molar-refractivity contribution >= 4 is 17.2 Å². The molecule has 0 unspecified atom stereocenters. The normalized spacial score (nSPS) is 10.3. The summed E-state index contributed by atoms with van der Waals surface area (Å²) in [5.41, 5.74) is 0.528. The minimum absolute atomic E-state index is 0.152. The maximum atomic E-state index is 11.8. The summed E-state index contributed by atoms with van der Waals surface area (Å²) >= 11 is 1.61. The van der Waals surface area contributed by atoms with Crippen LogP contribution < -0.4 is 5.32 Å². The summed E-state index contributed by atoms with van der Waals surface area (Å²) in [5, 5.41) is 12.8. The number of nitrogens with zero attached hydrogens (tertiary/aromatic N) is 1. The molecule has 0 radical (unpaired) electrons. The Morgan fingerprint density at radius 1 is 1.39 bits per heavy atom. The smallest absolute Gasteiger partial charge is 0.251 e. The molecular weight excluding hydrogens is 248 g/mol. The number of hydrogen-bond acceptors (Lipinski definition) is 4. The van der Waals surface area contributed by atoms with E-state index < -0.39 is 0 Å². The Balaban J connectivity index is 1.93. The Labute approximate surface area is 109 Å². The van der Waals surface area contributed by atoms with Crippen LogP contribution in [-0.4, -0.2) is 16.0 Å². The second-order valence-electron chi connectivity index (χ2n) is 3.80. The van der Waals surface area contributed by atoms with E-state index in [1.165, 1.54) is 17.0 Å². The molecule has 0 saturated carbocycles. The van der Waals surface area contributed by atoms with Crippen LogP contribution >= 0.6 is 11.3 Å². The summed E-state index contributed by atoms with van der Waals surface area (Å²) in [6, 6.07) is 6.16. The standard InChI is InChI=1S/C13H14N2O2S/c1-2-11-7-14-12(18-11)8-15-13(17)9-3-5-10(16)6-4-9/h3-7,16H,2,8H2,1H3,(H,15,17).